The smallest absolute Gasteiger partial charge is 0.338 e. The van der Waals surface area contributed by atoms with Gasteiger partial charge in [0.15, 0.2) is 0 Å². The molecular formula is C10H14O3. The van der Waals surface area contributed by atoms with Crippen LogP contribution in [0.25, 0.3) is 0 Å². The van der Waals surface area contributed by atoms with Crippen molar-refractivity contribution in [3.63, 3.8) is 0 Å². The first-order chi connectivity index (χ1) is 5.88. The summed E-state index contributed by atoms with van der Waals surface area (Å²) in [6, 6.07) is 7.43. The van der Waals surface area contributed by atoms with Crippen molar-refractivity contribution in [2.75, 3.05) is 0 Å². The Morgan fingerprint density at radius 1 is 1.23 bits per heavy atom. The summed E-state index contributed by atoms with van der Waals surface area (Å²) < 4.78 is 4.78. The molecule has 1 aromatic rings. The highest BCUT2D eigenvalue weighted by Crippen LogP contribution is 2.17. The summed E-state index contributed by atoms with van der Waals surface area (Å²) in [4.78, 5) is 10.8. The van der Waals surface area contributed by atoms with Crippen LogP contribution in [0.15, 0.2) is 24.3 Å². The topological polar surface area (TPSA) is 57.8 Å². The van der Waals surface area contributed by atoms with E-state index >= 15 is 0 Å². The minimum atomic E-state index is -0.199. The van der Waals surface area contributed by atoms with Crippen LogP contribution in [0.1, 0.15) is 29.8 Å². The summed E-state index contributed by atoms with van der Waals surface area (Å²) in [6.07, 6.45) is 0. The van der Waals surface area contributed by atoms with Crippen molar-refractivity contribution in [2.45, 2.75) is 20.5 Å². The molecule has 72 valence electrons. The Labute approximate surface area is 77.6 Å². The molecule has 1 heterocycles. The van der Waals surface area contributed by atoms with E-state index in [0.29, 0.717) is 12.2 Å². The van der Waals surface area contributed by atoms with Gasteiger partial charge in [-0.25, -0.2) is 4.79 Å². The molecule has 0 saturated heterocycles. The Hall–Kier alpha value is -1.35. The molecule has 0 aliphatic carbocycles. The molecular weight excluding hydrogens is 168 g/mol. The summed E-state index contributed by atoms with van der Waals surface area (Å²) in [5.41, 5.74) is 1.70. The van der Waals surface area contributed by atoms with E-state index in [1.54, 1.807) is 6.07 Å². The lowest BCUT2D eigenvalue weighted by molar-refractivity contribution is 0.0535. The lowest BCUT2D eigenvalue weighted by Crippen LogP contribution is -1.91. The molecule has 0 saturated carbocycles. The highest BCUT2D eigenvalue weighted by Gasteiger charge is 2.18. The minimum absolute atomic E-state index is 0. The number of cyclic esters (lactones) is 1. The van der Waals surface area contributed by atoms with Gasteiger partial charge in [0.2, 0.25) is 0 Å². The Morgan fingerprint density at radius 3 is 2.46 bits per heavy atom. The quantitative estimate of drug-likeness (QED) is 0.571. The molecule has 0 atom stereocenters. The van der Waals surface area contributed by atoms with Crippen LogP contribution in [0.4, 0.5) is 0 Å². The summed E-state index contributed by atoms with van der Waals surface area (Å²) in [5.74, 6) is -0.199. The van der Waals surface area contributed by atoms with Gasteiger partial charge in [-0.3, -0.25) is 0 Å². The van der Waals surface area contributed by atoms with Gasteiger partial charge >= 0.3 is 5.97 Å². The van der Waals surface area contributed by atoms with Gasteiger partial charge in [-0.1, -0.05) is 32.0 Å². The maximum atomic E-state index is 10.8. The highest BCUT2D eigenvalue weighted by atomic mass is 16.5. The van der Waals surface area contributed by atoms with Crippen molar-refractivity contribution in [3.05, 3.63) is 35.4 Å². The first-order valence-electron chi connectivity index (χ1n) is 4.13. The van der Waals surface area contributed by atoms with Gasteiger partial charge in [0.1, 0.15) is 6.61 Å². The summed E-state index contributed by atoms with van der Waals surface area (Å²) in [5, 5.41) is 0. The van der Waals surface area contributed by atoms with Crippen molar-refractivity contribution >= 4 is 5.97 Å². The van der Waals surface area contributed by atoms with Crippen LogP contribution in [-0.2, 0) is 11.3 Å². The fraction of sp³-hybridized carbons (Fsp3) is 0.300. The zero-order valence-corrected chi connectivity index (χ0v) is 7.83. The number of carbonyl (C=O) groups excluding carboxylic acids is 1. The van der Waals surface area contributed by atoms with E-state index in [4.69, 9.17) is 4.74 Å². The zero-order valence-electron chi connectivity index (χ0n) is 7.83. The van der Waals surface area contributed by atoms with Gasteiger partial charge in [-0.05, 0) is 6.07 Å². The second-order valence-corrected chi connectivity index (χ2v) is 2.23. The minimum Gasteiger partial charge on any atom is -0.457 e. The van der Waals surface area contributed by atoms with Crippen LogP contribution >= 0.6 is 0 Å². The van der Waals surface area contributed by atoms with E-state index in [9.17, 15) is 4.79 Å². The predicted octanol–water partition coefficient (Wildman–Crippen LogP) is 1.56. The molecule has 0 spiro atoms. The second-order valence-electron chi connectivity index (χ2n) is 2.23. The largest absolute Gasteiger partial charge is 0.457 e. The lowest BCUT2D eigenvalue weighted by Gasteiger charge is -1.87. The number of esters is 1. The normalized spacial score (nSPS) is 11.7. The van der Waals surface area contributed by atoms with Gasteiger partial charge < -0.3 is 10.2 Å². The molecule has 0 fully saturated rings. The first-order valence-corrected chi connectivity index (χ1v) is 4.13. The molecule has 2 rings (SSSR count). The van der Waals surface area contributed by atoms with E-state index < -0.39 is 0 Å². The molecule has 1 aromatic carbocycles. The third-order valence-corrected chi connectivity index (χ3v) is 1.60. The average Bonchev–Trinajstić information content (AvgIpc) is 2.53. The molecule has 3 nitrogen and oxygen atoms in total. The van der Waals surface area contributed by atoms with Crippen LogP contribution in [0.3, 0.4) is 0 Å². The molecule has 1 aliphatic heterocycles. The van der Waals surface area contributed by atoms with Crippen molar-refractivity contribution < 1.29 is 15.0 Å². The van der Waals surface area contributed by atoms with Gasteiger partial charge in [0.25, 0.3) is 0 Å². The Balaban J connectivity index is 0.000000451. The maximum absolute atomic E-state index is 10.8. The monoisotopic (exact) mass is 182 g/mol. The van der Waals surface area contributed by atoms with E-state index in [0.717, 1.165) is 5.56 Å². The molecule has 0 aromatic heterocycles. The van der Waals surface area contributed by atoms with E-state index in [1.807, 2.05) is 32.0 Å². The fourth-order valence-electron chi connectivity index (χ4n) is 1.07. The van der Waals surface area contributed by atoms with Crippen LogP contribution in [-0.4, -0.2) is 11.4 Å². The van der Waals surface area contributed by atoms with Crippen LogP contribution in [0.5, 0.6) is 0 Å². The second kappa shape index (κ2) is 5.32. The molecule has 0 unspecified atom stereocenters. The molecule has 1 aliphatic rings. The van der Waals surface area contributed by atoms with Crippen molar-refractivity contribution in [1.29, 1.82) is 0 Å². The number of hydrogen-bond donors (Lipinski definition) is 0. The van der Waals surface area contributed by atoms with E-state index in [2.05, 4.69) is 0 Å². The number of benzene rings is 1. The average molecular weight is 182 g/mol. The van der Waals surface area contributed by atoms with Gasteiger partial charge in [-0.2, -0.15) is 0 Å². The van der Waals surface area contributed by atoms with Gasteiger partial charge in [0, 0.05) is 5.56 Å². The van der Waals surface area contributed by atoms with Crippen LogP contribution in [0, 0.1) is 0 Å². The highest BCUT2D eigenvalue weighted by molar-refractivity contribution is 5.93. The molecule has 0 radical (unpaired) electrons. The summed E-state index contributed by atoms with van der Waals surface area (Å²) in [6.45, 7) is 4.44. The Kier molecular flexibility index (Phi) is 4.77. The Bertz CT molecular complexity index is 281. The SMILES string of the molecule is CC.O.O=C1OCc2ccccc21. The summed E-state index contributed by atoms with van der Waals surface area (Å²) >= 11 is 0. The maximum Gasteiger partial charge on any atom is 0.338 e. The number of rotatable bonds is 0. The van der Waals surface area contributed by atoms with Gasteiger partial charge in [-0.15, -0.1) is 0 Å². The van der Waals surface area contributed by atoms with Crippen molar-refractivity contribution in [1.82, 2.24) is 0 Å². The van der Waals surface area contributed by atoms with E-state index in [-0.39, 0.29) is 11.4 Å². The number of carbonyl (C=O) groups is 1. The molecule has 2 N–H and O–H groups in total. The lowest BCUT2D eigenvalue weighted by atomic mass is 10.1. The van der Waals surface area contributed by atoms with E-state index in [1.165, 1.54) is 0 Å². The fourth-order valence-corrected chi connectivity index (χ4v) is 1.07. The standard InChI is InChI=1S/C8H6O2.C2H6.H2O/c9-8-7-4-2-1-3-6(7)5-10-8;1-2;/h1-4H,5H2;1-2H3;1H2. The van der Waals surface area contributed by atoms with Crippen LogP contribution < -0.4 is 0 Å². The Morgan fingerprint density at radius 2 is 1.85 bits per heavy atom. The van der Waals surface area contributed by atoms with Gasteiger partial charge in [0.05, 0.1) is 5.56 Å². The number of fused-ring (bicyclic) bond motifs is 1. The molecule has 13 heavy (non-hydrogen) atoms. The predicted molar refractivity (Wildman–Crippen MR) is 50.5 cm³/mol. The third kappa shape index (κ3) is 2.29. The molecule has 0 bridgehead atoms. The summed E-state index contributed by atoms with van der Waals surface area (Å²) in [7, 11) is 0. The molecule has 0 amide bonds. The molecule has 3 heteroatoms. The first kappa shape index (κ1) is 11.6. The van der Waals surface area contributed by atoms with Crippen molar-refractivity contribution in [2.24, 2.45) is 0 Å². The third-order valence-electron chi connectivity index (χ3n) is 1.60. The number of hydrogen-bond acceptors (Lipinski definition) is 2. The van der Waals surface area contributed by atoms with Crippen molar-refractivity contribution in [3.8, 4) is 0 Å². The zero-order chi connectivity index (χ0) is 8.97. The van der Waals surface area contributed by atoms with Crippen LogP contribution in [0.2, 0.25) is 0 Å². The number of ether oxygens (including phenoxy) is 1.